The lowest BCUT2D eigenvalue weighted by Gasteiger charge is -2.20. The Bertz CT molecular complexity index is 800. The molecule has 7 heteroatoms. The van der Waals surface area contributed by atoms with Crippen LogP contribution in [0.2, 0.25) is 0 Å². The average Bonchev–Trinajstić information content (AvgIpc) is 2.91. The topological polar surface area (TPSA) is 62.6 Å². The van der Waals surface area contributed by atoms with Gasteiger partial charge in [-0.3, -0.25) is 9.58 Å². The predicted octanol–water partition coefficient (Wildman–Crippen LogP) is 2.38. The summed E-state index contributed by atoms with van der Waals surface area (Å²) in [5, 5.41) is 7.54. The van der Waals surface area contributed by atoms with Crippen LogP contribution in [0, 0.1) is 6.92 Å². The quantitative estimate of drug-likeness (QED) is 0.877. The molecular weight excluding hydrogens is 342 g/mol. The van der Waals surface area contributed by atoms with Crippen LogP contribution < -0.4 is 10.1 Å². The molecule has 2 amide bonds. The molecule has 0 bridgehead atoms. The maximum absolute atomic E-state index is 11.7. The molecule has 3 rings (SSSR count). The summed E-state index contributed by atoms with van der Waals surface area (Å²) in [4.78, 5) is 15.7. The first-order valence-electron chi connectivity index (χ1n) is 9.33. The fraction of sp³-hybridized carbons (Fsp3) is 0.500. The molecule has 0 unspecified atom stereocenters. The number of urea groups is 1. The lowest BCUT2D eigenvalue weighted by molar-refractivity contribution is 0.217. The van der Waals surface area contributed by atoms with Crippen LogP contribution in [-0.2, 0) is 26.2 Å². The highest BCUT2D eigenvalue weighted by Gasteiger charge is 2.17. The van der Waals surface area contributed by atoms with E-state index < -0.39 is 0 Å². The van der Waals surface area contributed by atoms with Crippen molar-refractivity contribution in [3.05, 3.63) is 46.8 Å². The Labute approximate surface area is 160 Å². The van der Waals surface area contributed by atoms with Crippen molar-refractivity contribution < 1.29 is 9.53 Å². The predicted molar refractivity (Wildman–Crippen MR) is 105 cm³/mol. The maximum Gasteiger partial charge on any atom is 0.317 e. The van der Waals surface area contributed by atoms with Crippen molar-refractivity contribution in [2.24, 2.45) is 0 Å². The second-order valence-electron chi connectivity index (χ2n) is 7.27. The van der Waals surface area contributed by atoms with Gasteiger partial charge in [0.25, 0.3) is 0 Å². The maximum atomic E-state index is 11.7. The van der Waals surface area contributed by atoms with Crippen molar-refractivity contribution >= 4 is 6.03 Å². The van der Waals surface area contributed by atoms with E-state index in [1.165, 1.54) is 16.2 Å². The second kappa shape index (κ2) is 8.43. The lowest BCUT2D eigenvalue weighted by atomic mass is 10.1. The number of ether oxygens (including phenoxy) is 1. The molecule has 0 spiro atoms. The van der Waals surface area contributed by atoms with Crippen LogP contribution in [0.1, 0.15) is 28.9 Å². The Morgan fingerprint density at radius 1 is 1.30 bits per heavy atom. The number of aryl methyl sites for hydroxylation is 2. The normalized spacial score (nSPS) is 14.4. The van der Waals surface area contributed by atoms with Gasteiger partial charge in [0.15, 0.2) is 0 Å². The molecule has 1 aromatic carbocycles. The minimum atomic E-state index is -0.102. The SMILES string of the molecule is COc1ccc(CN2CCCn3nc(CNC(=O)N(C)C)cc3C2)cc1C. The first kappa shape index (κ1) is 19.2. The van der Waals surface area contributed by atoms with Crippen molar-refractivity contribution in [1.29, 1.82) is 0 Å². The summed E-state index contributed by atoms with van der Waals surface area (Å²) in [6.07, 6.45) is 1.06. The summed E-state index contributed by atoms with van der Waals surface area (Å²) in [7, 11) is 5.17. The highest BCUT2D eigenvalue weighted by molar-refractivity contribution is 5.73. The minimum Gasteiger partial charge on any atom is -0.496 e. The van der Waals surface area contributed by atoms with Crippen LogP contribution in [0.4, 0.5) is 4.79 Å². The van der Waals surface area contributed by atoms with Gasteiger partial charge >= 0.3 is 6.03 Å². The number of nitrogens with one attached hydrogen (secondary N) is 1. The van der Waals surface area contributed by atoms with Crippen LogP contribution in [-0.4, -0.2) is 53.4 Å². The Kier molecular flexibility index (Phi) is 6.01. The van der Waals surface area contributed by atoms with Gasteiger partial charge in [0.2, 0.25) is 0 Å². The smallest absolute Gasteiger partial charge is 0.317 e. The molecule has 0 saturated heterocycles. The van der Waals surface area contributed by atoms with Gasteiger partial charge in [0.05, 0.1) is 25.0 Å². The zero-order valence-electron chi connectivity index (χ0n) is 16.7. The highest BCUT2D eigenvalue weighted by atomic mass is 16.5. The first-order valence-corrected chi connectivity index (χ1v) is 9.33. The number of hydrogen-bond acceptors (Lipinski definition) is 4. The molecule has 0 fully saturated rings. The van der Waals surface area contributed by atoms with Gasteiger partial charge in [-0.25, -0.2) is 4.79 Å². The summed E-state index contributed by atoms with van der Waals surface area (Å²) in [6.45, 7) is 6.25. The van der Waals surface area contributed by atoms with E-state index >= 15 is 0 Å². The van der Waals surface area contributed by atoms with Crippen LogP contribution >= 0.6 is 0 Å². The van der Waals surface area contributed by atoms with Crippen LogP contribution in [0.3, 0.4) is 0 Å². The fourth-order valence-corrected chi connectivity index (χ4v) is 3.43. The van der Waals surface area contributed by atoms with E-state index in [0.717, 1.165) is 49.6 Å². The Balaban J connectivity index is 1.65. The lowest BCUT2D eigenvalue weighted by Crippen LogP contribution is -2.34. The third-order valence-corrected chi connectivity index (χ3v) is 4.84. The molecule has 0 saturated carbocycles. The van der Waals surface area contributed by atoms with Gasteiger partial charge in [-0.2, -0.15) is 5.10 Å². The molecule has 2 aromatic rings. The van der Waals surface area contributed by atoms with Crippen molar-refractivity contribution in [1.82, 2.24) is 24.9 Å². The second-order valence-corrected chi connectivity index (χ2v) is 7.27. The third kappa shape index (κ3) is 4.80. The van der Waals surface area contributed by atoms with Gasteiger partial charge in [-0.1, -0.05) is 12.1 Å². The van der Waals surface area contributed by atoms with Crippen LogP contribution in [0.25, 0.3) is 0 Å². The molecule has 1 aliphatic rings. The Morgan fingerprint density at radius 3 is 2.81 bits per heavy atom. The van der Waals surface area contributed by atoms with E-state index in [9.17, 15) is 4.79 Å². The number of amides is 2. The standard InChI is InChI=1S/C20H29N5O2/c1-15-10-16(6-7-19(15)27-4)13-24-8-5-9-25-18(14-24)11-17(22-25)12-21-20(26)23(2)3/h6-7,10-11H,5,8-9,12-14H2,1-4H3,(H,21,26). The number of fused-ring (bicyclic) bond motifs is 1. The van der Waals surface area contributed by atoms with E-state index in [4.69, 9.17) is 4.74 Å². The summed E-state index contributed by atoms with van der Waals surface area (Å²) in [5.74, 6) is 0.928. The number of rotatable bonds is 5. The van der Waals surface area contributed by atoms with Gasteiger partial charge in [0, 0.05) is 40.3 Å². The number of benzene rings is 1. The summed E-state index contributed by atoms with van der Waals surface area (Å²) >= 11 is 0. The van der Waals surface area contributed by atoms with E-state index in [-0.39, 0.29) is 6.03 Å². The molecular formula is C20H29N5O2. The van der Waals surface area contributed by atoms with Crippen molar-refractivity contribution in [3.8, 4) is 5.75 Å². The minimum absolute atomic E-state index is 0.102. The zero-order valence-corrected chi connectivity index (χ0v) is 16.7. The number of hydrogen-bond donors (Lipinski definition) is 1. The number of carbonyl (C=O) groups is 1. The van der Waals surface area contributed by atoms with E-state index in [2.05, 4.69) is 45.1 Å². The van der Waals surface area contributed by atoms with Crippen molar-refractivity contribution in [3.63, 3.8) is 0 Å². The molecule has 27 heavy (non-hydrogen) atoms. The molecule has 146 valence electrons. The molecule has 1 N–H and O–H groups in total. The summed E-state index contributed by atoms with van der Waals surface area (Å²) in [6, 6.07) is 8.38. The van der Waals surface area contributed by atoms with Gasteiger partial charge in [-0.15, -0.1) is 0 Å². The largest absolute Gasteiger partial charge is 0.496 e. The molecule has 2 heterocycles. The third-order valence-electron chi connectivity index (χ3n) is 4.84. The van der Waals surface area contributed by atoms with E-state index in [1.54, 1.807) is 21.2 Å². The van der Waals surface area contributed by atoms with Crippen LogP contribution in [0.5, 0.6) is 5.75 Å². The molecule has 0 aliphatic carbocycles. The van der Waals surface area contributed by atoms with Gasteiger partial charge in [0.1, 0.15) is 5.75 Å². The number of aromatic nitrogens is 2. The first-order chi connectivity index (χ1) is 13.0. The number of methoxy groups -OCH3 is 1. The molecule has 0 atom stereocenters. The van der Waals surface area contributed by atoms with Gasteiger partial charge in [-0.05, 0) is 36.6 Å². The van der Waals surface area contributed by atoms with E-state index in [1.807, 2.05) is 6.07 Å². The highest BCUT2D eigenvalue weighted by Crippen LogP contribution is 2.21. The molecule has 0 radical (unpaired) electrons. The average molecular weight is 371 g/mol. The van der Waals surface area contributed by atoms with Crippen molar-refractivity contribution in [2.45, 2.75) is 39.5 Å². The molecule has 1 aromatic heterocycles. The summed E-state index contributed by atoms with van der Waals surface area (Å²) in [5.41, 5.74) is 4.56. The molecule has 1 aliphatic heterocycles. The molecule has 7 nitrogen and oxygen atoms in total. The van der Waals surface area contributed by atoms with E-state index in [0.29, 0.717) is 6.54 Å². The summed E-state index contributed by atoms with van der Waals surface area (Å²) < 4.78 is 7.44. The van der Waals surface area contributed by atoms with Gasteiger partial charge < -0.3 is 15.0 Å². The Hall–Kier alpha value is -2.54. The number of nitrogens with zero attached hydrogens (tertiary/aromatic N) is 4. The zero-order chi connectivity index (χ0) is 19.4. The Morgan fingerprint density at radius 2 is 2.11 bits per heavy atom. The fourth-order valence-electron chi connectivity index (χ4n) is 3.43. The van der Waals surface area contributed by atoms with Crippen molar-refractivity contribution in [2.75, 3.05) is 27.7 Å². The van der Waals surface area contributed by atoms with Crippen LogP contribution in [0.15, 0.2) is 24.3 Å². The monoisotopic (exact) mass is 371 g/mol. The number of carbonyl (C=O) groups excluding carboxylic acids is 1.